The van der Waals surface area contributed by atoms with Crippen molar-refractivity contribution in [2.24, 2.45) is 5.92 Å². The van der Waals surface area contributed by atoms with E-state index in [0.29, 0.717) is 23.2 Å². The summed E-state index contributed by atoms with van der Waals surface area (Å²) in [5, 5.41) is 2.92. The summed E-state index contributed by atoms with van der Waals surface area (Å²) in [7, 11) is 0. The van der Waals surface area contributed by atoms with Gasteiger partial charge in [0.05, 0.1) is 11.1 Å². The molecule has 0 fully saturated rings. The fourth-order valence-electron chi connectivity index (χ4n) is 3.35. The van der Waals surface area contributed by atoms with Crippen LogP contribution in [-0.4, -0.2) is 28.7 Å². The van der Waals surface area contributed by atoms with Gasteiger partial charge in [-0.3, -0.25) is 19.3 Å². The van der Waals surface area contributed by atoms with Crippen LogP contribution in [0.25, 0.3) is 0 Å². The highest BCUT2D eigenvalue weighted by atomic mass is 16.2. The molecule has 1 N–H and O–H groups in total. The molecule has 0 aliphatic carbocycles. The summed E-state index contributed by atoms with van der Waals surface area (Å²) in [5.74, 6) is -1.01. The van der Waals surface area contributed by atoms with Gasteiger partial charge in [0, 0.05) is 5.69 Å². The molecule has 1 heterocycles. The Morgan fingerprint density at radius 3 is 2.15 bits per heavy atom. The molecule has 1 aliphatic rings. The summed E-state index contributed by atoms with van der Waals surface area (Å²) in [6.45, 7) is 7.80. The first-order valence-electron chi connectivity index (χ1n) is 9.14. The molecule has 2 aromatic carbocycles. The topological polar surface area (TPSA) is 66.5 Å². The number of carbonyl (C=O) groups excluding carboxylic acids is 3. The third-order valence-corrected chi connectivity index (χ3v) is 4.79. The van der Waals surface area contributed by atoms with E-state index in [9.17, 15) is 14.4 Å². The van der Waals surface area contributed by atoms with E-state index < -0.39 is 17.9 Å². The first-order chi connectivity index (χ1) is 12.8. The first-order valence-corrected chi connectivity index (χ1v) is 9.14. The smallest absolute Gasteiger partial charge is 0.262 e. The zero-order valence-corrected chi connectivity index (χ0v) is 16.1. The molecule has 5 nitrogen and oxygen atoms in total. The van der Waals surface area contributed by atoms with Crippen LogP contribution in [-0.2, 0) is 4.79 Å². The molecule has 0 radical (unpaired) electrons. The molecule has 0 saturated heterocycles. The number of fused-ring (bicyclic) bond motifs is 1. The molecule has 0 bridgehead atoms. The molecule has 1 aliphatic heterocycles. The molecule has 0 saturated carbocycles. The Bertz CT molecular complexity index is 883. The van der Waals surface area contributed by atoms with Crippen molar-refractivity contribution in [2.45, 2.75) is 40.2 Å². The van der Waals surface area contributed by atoms with E-state index >= 15 is 0 Å². The van der Waals surface area contributed by atoms with E-state index in [1.54, 1.807) is 24.3 Å². The number of benzene rings is 2. The second-order valence-electron chi connectivity index (χ2n) is 7.48. The van der Waals surface area contributed by atoms with Crippen molar-refractivity contribution in [3.8, 4) is 0 Å². The Hall–Kier alpha value is -2.95. The first kappa shape index (κ1) is 18.8. The second-order valence-corrected chi connectivity index (χ2v) is 7.48. The van der Waals surface area contributed by atoms with Crippen LogP contribution >= 0.6 is 0 Å². The molecule has 140 valence electrons. The third-order valence-electron chi connectivity index (χ3n) is 4.79. The SMILES string of the molecule is Cc1ccc(C)c(NC(=O)[C@H](CC(C)C)N2C(=O)c3ccccc3C2=O)c1. The number of hydrogen-bond acceptors (Lipinski definition) is 3. The van der Waals surface area contributed by atoms with Gasteiger partial charge in [0.1, 0.15) is 6.04 Å². The summed E-state index contributed by atoms with van der Waals surface area (Å²) in [4.78, 5) is 39.9. The highest BCUT2D eigenvalue weighted by Gasteiger charge is 2.42. The van der Waals surface area contributed by atoms with E-state index in [4.69, 9.17) is 0 Å². The van der Waals surface area contributed by atoms with Gasteiger partial charge in [-0.15, -0.1) is 0 Å². The Labute approximate surface area is 159 Å². The minimum absolute atomic E-state index is 0.142. The number of rotatable bonds is 5. The Kier molecular flexibility index (Phi) is 5.13. The molecule has 0 spiro atoms. The largest absolute Gasteiger partial charge is 0.324 e. The van der Waals surface area contributed by atoms with E-state index in [0.717, 1.165) is 16.0 Å². The highest BCUT2D eigenvalue weighted by molar-refractivity contribution is 6.23. The van der Waals surface area contributed by atoms with Gasteiger partial charge in [0.15, 0.2) is 0 Å². The number of nitrogens with zero attached hydrogens (tertiary/aromatic N) is 1. The van der Waals surface area contributed by atoms with Gasteiger partial charge in [0.25, 0.3) is 11.8 Å². The fourth-order valence-corrected chi connectivity index (χ4v) is 3.35. The highest BCUT2D eigenvalue weighted by Crippen LogP contribution is 2.28. The van der Waals surface area contributed by atoms with Crippen LogP contribution < -0.4 is 5.32 Å². The number of amides is 3. The lowest BCUT2D eigenvalue weighted by atomic mass is 10.0. The third kappa shape index (κ3) is 3.63. The summed E-state index contributed by atoms with van der Waals surface area (Å²) in [6, 6.07) is 11.7. The van der Waals surface area contributed by atoms with Crippen molar-refractivity contribution in [3.63, 3.8) is 0 Å². The molecule has 2 aromatic rings. The molecule has 3 amide bonds. The maximum Gasteiger partial charge on any atom is 0.262 e. The van der Waals surface area contributed by atoms with Crippen molar-refractivity contribution < 1.29 is 14.4 Å². The number of imide groups is 1. The lowest BCUT2D eigenvalue weighted by Crippen LogP contribution is -2.48. The fraction of sp³-hybridized carbons (Fsp3) is 0.318. The maximum absolute atomic E-state index is 13.1. The van der Waals surface area contributed by atoms with Crippen LogP contribution in [0.3, 0.4) is 0 Å². The monoisotopic (exact) mass is 364 g/mol. The van der Waals surface area contributed by atoms with Crippen LogP contribution in [0.1, 0.15) is 52.1 Å². The van der Waals surface area contributed by atoms with Gasteiger partial charge in [-0.2, -0.15) is 0 Å². The van der Waals surface area contributed by atoms with Crippen molar-refractivity contribution in [1.82, 2.24) is 4.90 Å². The number of nitrogens with one attached hydrogen (secondary N) is 1. The predicted octanol–water partition coefficient (Wildman–Crippen LogP) is 3.95. The van der Waals surface area contributed by atoms with Gasteiger partial charge >= 0.3 is 0 Å². The van der Waals surface area contributed by atoms with E-state index in [-0.39, 0.29) is 11.8 Å². The van der Waals surface area contributed by atoms with Crippen LogP contribution in [0.2, 0.25) is 0 Å². The quantitative estimate of drug-likeness (QED) is 0.817. The van der Waals surface area contributed by atoms with Gasteiger partial charge in [-0.25, -0.2) is 0 Å². The van der Waals surface area contributed by atoms with Crippen LogP contribution in [0.4, 0.5) is 5.69 Å². The molecule has 0 aromatic heterocycles. The van der Waals surface area contributed by atoms with Crippen molar-refractivity contribution in [2.75, 3.05) is 5.32 Å². The lowest BCUT2D eigenvalue weighted by Gasteiger charge is -2.27. The molecule has 1 atom stereocenters. The lowest BCUT2D eigenvalue weighted by molar-refractivity contribution is -0.120. The summed E-state index contributed by atoms with van der Waals surface area (Å²) >= 11 is 0. The number of hydrogen-bond donors (Lipinski definition) is 1. The minimum atomic E-state index is -0.850. The van der Waals surface area contributed by atoms with Crippen molar-refractivity contribution >= 4 is 23.4 Å². The van der Waals surface area contributed by atoms with Crippen LogP contribution in [0, 0.1) is 19.8 Å². The Balaban J connectivity index is 1.93. The zero-order valence-electron chi connectivity index (χ0n) is 16.1. The summed E-state index contributed by atoms with van der Waals surface area (Å²) < 4.78 is 0. The maximum atomic E-state index is 13.1. The number of carbonyl (C=O) groups is 3. The Morgan fingerprint density at radius 2 is 1.59 bits per heavy atom. The van der Waals surface area contributed by atoms with Gasteiger partial charge < -0.3 is 5.32 Å². The average molecular weight is 364 g/mol. The van der Waals surface area contributed by atoms with E-state index in [2.05, 4.69) is 5.32 Å². The number of anilines is 1. The van der Waals surface area contributed by atoms with Crippen LogP contribution in [0.5, 0.6) is 0 Å². The van der Waals surface area contributed by atoms with Crippen molar-refractivity contribution in [1.29, 1.82) is 0 Å². The average Bonchev–Trinajstić information content (AvgIpc) is 2.87. The second kappa shape index (κ2) is 7.35. The van der Waals surface area contributed by atoms with E-state index in [1.165, 1.54) is 0 Å². The zero-order chi connectivity index (χ0) is 19.7. The normalized spacial score (nSPS) is 14.5. The van der Waals surface area contributed by atoms with Gasteiger partial charge in [0.2, 0.25) is 5.91 Å². The van der Waals surface area contributed by atoms with E-state index in [1.807, 2.05) is 45.9 Å². The molecule has 0 unspecified atom stereocenters. The molecule has 3 rings (SSSR count). The predicted molar refractivity (Wildman–Crippen MR) is 105 cm³/mol. The summed E-state index contributed by atoms with van der Waals surface area (Å²) in [5.41, 5.74) is 3.37. The molecule has 27 heavy (non-hydrogen) atoms. The summed E-state index contributed by atoms with van der Waals surface area (Å²) in [6.07, 6.45) is 0.405. The standard InChI is InChI=1S/C22H24N2O3/c1-13(2)11-19(20(25)23-18-12-14(3)9-10-15(18)4)24-21(26)16-7-5-6-8-17(16)22(24)27/h5-10,12-13,19H,11H2,1-4H3,(H,23,25)/t19-/m0/s1. The van der Waals surface area contributed by atoms with Crippen LogP contribution in [0.15, 0.2) is 42.5 Å². The molecular weight excluding hydrogens is 340 g/mol. The van der Waals surface area contributed by atoms with Gasteiger partial charge in [-0.1, -0.05) is 38.1 Å². The molecule has 5 heteroatoms. The van der Waals surface area contributed by atoms with Crippen molar-refractivity contribution in [3.05, 3.63) is 64.7 Å². The Morgan fingerprint density at radius 1 is 1.00 bits per heavy atom. The van der Waals surface area contributed by atoms with Gasteiger partial charge in [-0.05, 0) is 55.5 Å². The number of aryl methyl sites for hydroxylation is 2. The molecular formula is C22H24N2O3. The minimum Gasteiger partial charge on any atom is -0.324 e.